The van der Waals surface area contributed by atoms with E-state index in [1.165, 1.54) is 29.8 Å². The summed E-state index contributed by atoms with van der Waals surface area (Å²) in [7, 11) is 0. The van der Waals surface area contributed by atoms with Crippen molar-refractivity contribution in [2.24, 2.45) is 0 Å². The standard InChI is InChI=1S/C10H16N2S/c1-8-10(13-7-12-8)5-6-11-9-3-2-4-9/h7,9,11H,2-6H2,1H3. The summed E-state index contributed by atoms with van der Waals surface area (Å²) >= 11 is 1.78. The Balaban J connectivity index is 1.70. The van der Waals surface area contributed by atoms with Crippen molar-refractivity contribution < 1.29 is 0 Å². The van der Waals surface area contributed by atoms with E-state index in [1.807, 2.05) is 5.51 Å². The fourth-order valence-electron chi connectivity index (χ4n) is 1.57. The van der Waals surface area contributed by atoms with Crippen molar-refractivity contribution in [1.29, 1.82) is 0 Å². The summed E-state index contributed by atoms with van der Waals surface area (Å²) in [5.41, 5.74) is 3.15. The number of nitrogens with one attached hydrogen (secondary N) is 1. The van der Waals surface area contributed by atoms with Gasteiger partial charge in [0.2, 0.25) is 0 Å². The molecule has 0 radical (unpaired) electrons. The van der Waals surface area contributed by atoms with E-state index in [4.69, 9.17) is 0 Å². The van der Waals surface area contributed by atoms with Gasteiger partial charge in [-0.1, -0.05) is 6.42 Å². The van der Waals surface area contributed by atoms with Crippen molar-refractivity contribution in [2.75, 3.05) is 6.54 Å². The Morgan fingerprint density at radius 3 is 3.00 bits per heavy atom. The minimum atomic E-state index is 0.813. The van der Waals surface area contributed by atoms with Crippen molar-refractivity contribution >= 4 is 11.3 Å². The third kappa shape index (κ3) is 2.29. The maximum absolute atomic E-state index is 4.24. The summed E-state index contributed by atoms with van der Waals surface area (Å²) in [5.74, 6) is 0. The smallest absolute Gasteiger partial charge is 0.0797 e. The first-order valence-corrected chi connectivity index (χ1v) is 5.86. The average Bonchev–Trinajstić information content (AvgIpc) is 2.42. The number of aryl methyl sites for hydroxylation is 1. The van der Waals surface area contributed by atoms with Crippen LogP contribution in [-0.2, 0) is 6.42 Å². The van der Waals surface area contributed by atoms with Gasteiger partial charge in [0.1, 0.15) is 0 Å². The van der Waals surface area contributed by atoms with Crippen molar-refractivity contribution in [2.45, 2.75) is 38.6 Å². The van der Waals surface area contributed by atoms with Crippen LogP contribution in [0.3, 0.4) is 0 Å². The number of thiazole rings is 1. The van der Waals surface area contributed by atoms with E-state index in [2.05, 4.69) is 17.2 Å². The van der Waals surface area contributed by atoms with E-state index in [0.29, 0.717) is 0 Å². The molecular formula is C10H16N2S. The van der Waals surface area contributed by atoms with Crippen LogP contribution in [0.1, 0.15) is 29.8 Å². The SMILES string of the molecule is Cc1ncsc1CCNC1CCC1. The molecule has 1 fully saturated rings. The van der Waals surface area contributed by atoms with E-state index in [-0.39, 0.29) is 0 Å². The Hall–Kier alpha value is -0.410. The number of nitrogens with zero attached hydrogens (tertiary/aromatic N) is 1. The molecule has 1 aliphatic carbocycles. The molecule has 1 saturated carbocycles. The fraction of sp³-hybridized carbons (Fsp3) is 0.700. The predicted molar refractivity (Wildman–Crippen MR) is 56.2 cm³/mol. The van der Waals surface area contributed by atoms with Gasteiger partial charge >= 0.3 is 0 Å². The van der Waals surface area contributed by atoms with E-state index in [0.717, 1.165) is 19.0 Å². The Bertz CT molecular complexity index is 266. The van der Waals surface area contributed by atoms with Crippen LogP contribution in [0, 0.1) is 6.92 Å². The molecule has 13 heavy (non-hydrogen) atoms. The Labute approximate surface area is 83.4 Å². The summed E-state index contributed by atoms with van der Waals surface area (Å²) in [6.45, 7) is 3.21. The quantitative estimate of drug-likeness (QED) is 0.798. The number of aromatic nitrogens is 1. The average molecular weight is 196 g/mol. The van der Waals surface area contributed by atoms with Crippen molar-refractivity contribution in [3.63, 3.8) is 0 Å². The van der Waals surface area contributed by atoms with Gasteiger partial charge in [-0.25, -0.2) is 4.98 Å². The van der Waals surface area contributed by atoms with Crippen LogP contribution >= 0.6 is 11.3 Å². The molecule has 3 heteroatoms. The van der Waals surface area contributed by atoms with Crippen LogP contribution in [0.4, 0.5) is 0 Å². The molecule has 1 aromatic rings. The largest absolute Gasteiger partial charge is 0.314 e. The first-order valence-electron chi connectivity index (χ1n) is 4.98. The molecule has 1 N–H and O–H groups in total. The monoisotopic (exact) mass is 196 g/mol. The number of hydrogen-bond acceptors (Lipinski definition) is 3. The molecule has 0 aromatic carbocycles. The minimum absolute atomic E-state index is 0.813. The van der Waals surface area contributed by atoms with Gasteiger partial charge in [0.25, 0.3) is 0 Å². The van der Waals surface area contributed by atoms with Crippen LogP contribution in [-0.4, -0.2) is 17.6 Å². The van der Waals surface area contributed by atoms with Gasteiger partial charge in [0.15, 0.2) is 0 Å². The number of rotatable bonds is 4. The first kappa shape index (κ1) is 9.16. The van der Waals surface area contributed by atoms with Gasteiger partial charge in [0, 0.05) is 17.5 Å². The summed E-state index contributed by atoms with van der Waals surface area (Å²) in [6, 6.07) is 0.813. The summed E-state index contributed by atoms with van der Waals surface area (Å²) in [4.78, 5) is 5.68. The van der Waals surface area contributed by atoms with Crippen molar-refractivity contribution in [3.05, 3.63) is 16.1 Å². The van der Waals surface area contributed by atoms with Gasteiger partial charge in [-0.3, -0.25) is 0 Å². The lowest BCUT2D eigenvalue weighted by atomic mass is 9.93. The molecule has 0 saturated heterocycles. The zero-order valence-electron chi connectivity index (χ0n) is 8.05. The van der Waals surface area contributed by atoms with Gasteiger partial charge < -0.3 is 5.32 Å². The predicted octanol–water partition coefficient (Wildman–Crippen LogP) is 2.14. The third-order valence-electron chi connectivity index (χ3n) is 2.74. The highest BCUT2D eigenvalue weighted by molar-refractivity contribution is 7.09. The zero-order chi connectivity index (χ0) is 9.10. The summed E-state index contributed by atoms with van der Waals surface area (Å²) in [6.07, 6.45) is 5.31. The van der Waals surface area contributed by atoms with Gasteiger partial charge in [-0.2, -0.15) is 0 Å². The Morgan fingerprint density at radius 2 is 2.46 bits per heavy atom. The molecule has 0 bridgehead atoms. The molecule has 0 spiro atoms. The Kier molecular flexibility index (Phi) is 2.96. The molecule has 0 amide bonds. The van der Waals surface area contributed by atoms with E-state index < -0.39 is 0 Å². The lowest BCUT2D eigenvalue weighted by molar-refractivity contribution is 0.342. The second-order valence-electron chi connectivity index (χ2n) is 3.69. The highest BCUT2D eigenvalue weighted by Crippen LogP contribution is 2.18. The van der Waals surface area contributed by atoms with Crippen LogP contribution < -0.4 is 5.32 Å². The first-order chi connectivity index (χ1) is 6.36. The molecular weight excluding hydrogens is 180 g/mol. The van der Waals surface area contributed by atoms with Crippen molar-refractivity contribution in [1.82, 2.24) is 10.3 Å². The molecule has 2 nitrogen and oxygen atoms in total. The molecule has 2 rings (SSSR count). The Morgan fingerprint density at radius 1 is 1.62 bits per heavy atom. The molecule has 0 atom stereocenters. The van der Waals surface area contributed by atoms with E-state index in [9.17, 15) is 0 Å². The highest BCUT2D eigenvalue weighted by Gasteiger charge is 2.15. The van der Waals surface area contributed by atoms with Crippen LogP contribution in [0.15, 0.2) is 5.51 Å². The van der Waals surface area contributed by atoms with Gasteiger partial charge in [-0.15, -0.1) is 11.3 Å². The zero-order valence-corrected chi connectivity index (χ0v) is 8.86. The molecule has 0 aliphatic heterocycles. The maximum atomic E-state index is 4.24. The van der Waals surface area contributed by atoms with E-state index >= 15 is 0 Å². The van der Waals surface area contributed by atoms with Crippen molar-refractivity contribution in [3.8, 4) is 0 Å². The normalized spacial score (nSPS) is 17.3. The summed E-state index contributed by atoms with van der Waals surface area (Å²) < 4.78 is 0. The topological polar surface area (TPSA) is 24.9 Å². The van der Waals surface area contributed by atoms with Gasteiger partial charge in [-0.05, 0) is 26.2 Å². The molecule has 0 unspecified atom stereocenters. The van der Waals surface area contributed by atoms with E-state index in [1.54, 1.807) is 11.3 Å². The minimum Gasteiger partial charge on any atom is -0.314 e. The van der Waals surface area contributed by atoms with Crippen LogP contribution in [0.2, 0.25) is 0 Å². The summed E-state index contributed by atoms with van der Waals surface area (Å²) in [5, 5.41) is 3.56. The fourth-order valence-corrected chi connectivity index (χ4v) is 2.35. The highest BCUT2D eigenvalue weighted by atomic mass is 32.1. The van der Waals surface area contributed by atoms with Gasteiger partial charge in [0.05, 0.1) is 11.2 Å². The molecule has 72 valence electrons. The lowest BCUT2D eigenvalue weighted by Crippen LogP contribution is -2.36. The molecule has 1 aromatic heterocycles. The maximum Gasteiger partial charge on any atom is 0.0797 e. The molecule has 1 heterocycles. The van der Waals surface area contributed by atoms with Crippen LogP contribution in [0.25, 0.3) is 0 Å². The second kappa shape index (κ2) is 4.20. The van der Waals surface area contributed by atoms with Crippen LogP contribution in [0.5, 0.6) is 0 Å². The number of hydrogen-bond donors (Lipinski definition) is 1. The lowest BCUT2D eigenvalue weighted by Gasteiger charge is -2.26. The third-order valence-corrected chi connectivity index (χ3v) is 3.73. The second-order valence-corrected chi connectivity index (χ2v) is 4.63. The molecule has 1 aliphatic rings.